The second-order valence-electron chi connectivity index (χ2n) is 5.70. The van der Waals surface area contributed by atoms with Crippen molar-refractivity contribution in [2.45, 2.75) is 64.6 Å². The summed E-state index contributed by atoms with van der Waals surface area (Å²) in [5.41, 5.74) is 1.06. The van der Waals surface area contributed by atoms with E-state index in [0.717, 1.165) is 37.0 Å². The number of aryl methyl sites for hydroxylation is 1. The Kier molecular flexibility index (Phi) is 5.64. The standard InChI is InChI=1S/C15H26BrN3O/c1-4-9-17-14(15(3)8-6-7-10-20-15)13-12(16)11-18-19(13)5-2/h11,14,17H,4-10H2,1-3H3. The molecule has 2 rings (SSSR count). The minimum atomic E-state index is -0.150. The number of aromatic nitrogens is 2. The third kappa shape index (κ3) is 3.26. The number of rotatable bonds is 6. The fourth-order valence-electron chi connectivity index (χ4n) is 2.98. The van der Waals surface area contributed by atoms with Gasteiger partial charge < -0.3 is 10.1 Å². The molecule has 0 spiro atoms. The van der Waals surface area contributed by atoms with Crippen LogP contribution in [0, 0.1) is 0 Å². The summed E-state index contributed by atoms with van der Waals surface area (Å²) >= 11 is 3.66. The van der Waals surface area contributed by atoms with Gasteiger partial charge in [0, 0.05) is 13.2 Å². The molecule has 0 amide bonds. The van der Waals surface area contributed by atoms with Crippen molar-refractivity contribution in [2.75, 3.05) is 13.2 Å². The maximum atomic E-state index is 6.18. The first kappa shape index (κ1) is 16.0. The van der Waals surface area contributed by atoms with E-state index in [1.165, 1.54) is 18.5 Å². The lowest BCUT2D eigenvalue weighted by molar-refractivity contribution is -0.0914. The Labute approximate surface area is 130 Å². The highest BCUT2D eigenvalue weighted by Crippen LogP contribution is 2.39. The number of hydrogen-bond donors (Lipinski definition) is 1. The second kappa shape index (κ2) is 7.05. The first-order valence-electron chi connectivity index (χ1n) is 7.71. The molecule has 20 heavy (non-hydrogen) atoms. The molecule has 2 atom stereocenters. The molecule has 4 nitrogen and oxygen atoms in total. The zero-order chi connectivity index (χ0) is 14.6. The van der Waals surface area contributed by atoms with Gasteiger partial charge in [0.05, 0.1) is 28.0 Å². The Morgan fingerprint density at radius 3 is 2.90 bits per heavy atom. The zero-order valence-electron chi connectivity index (χ0n) is 12.8. The van der Waals surface area contributed by atoms with Gasteiger partial charge in [-0.2, -0.15) is 5.10 Å². The smallest absolute Gasteiger partial charge is 0.0864 e. The molecule has 0 saturated carbocycles. The molecule has 0 aliphatic carbocycles. The lowest BCUT2D eigenvalue weighted by Gasteiger charge is -2.41. The molecule has 114 valence electrons. The van der Waals surface area contributed by atoms with Crippen LogP contribution in [-0.4, -0.2) is 28.5 Å². The molecule has 0 aromatic carbocycles. The Hall–Kier alpha value is -0.390. The van der Waals surface area contributed by atoms with Gasteiger partial charge in [-0.1, -0.05) is 6.92 Å². The van der Waals surface area contributed by atoms with E-state index in [9.17, 15) is 0 Å². The van der Waals surface area contributed by atoms with Gasteiger partial charge >= 0.3 is 0 Å². The van der Waals surface area contributed by atoms with Crippen molar-refractivity contribution < 1.29 is 4.74 Å². The molecule has 1 N–H and O–H groups in total. The molecular weight excluding hydrogens is 318 g/mol. The predicted molar refractivity (Wildman–Crippen MR) is 84.8 cm³/mol. The van der Waals surface area contributed by atoms with Gasteiger partial charge in [-0.3, -0.25) is 4.68 Å². The minimum Gasteiger partial charge on any atom is -0.373 e. The molecule has 2 unspecified atom stereocenters. The van der Waals surface area contributed by atoms with Gasteiger partial charge in [-0.25, -0.2) is 0 Å². The van der Waals surface area contributed by atoms with Crippen molar-refractivity contribution in [3.63, 3.8) is 0 Å². The first-order valence-corrected chi connectivity index (χ1v) is 8.50. The van der Waals surface area contributed by atoms with Crippen molar-refractivity contribution in [1.29, 1.82) is 0 Å². The van der Waals surface area contributed by atoms with Crippen LogP contribution in [0.1, 0.15) is 58.2 Å². The van der Waals surface area contributed by atoms with Crippen molar-refractivity contribution in [1.82, 2.24) is 15.1 Å². The van der Waals surface area contributed by atoms with E-state index in [4.69, 9.17) is 4.74 Å². The van der Waals surface area contributed by atoms with Crippen molar-refractivity contribution in [3.05, 3.63) is 16.4 Å². The Balaban J connectivity index is 2.33. The molecule has 1 aromatic heterocycles. The van der Waals surface area contributed by atoms with Crippen molar-refractivity contribution in [3.8, 4) is 0 Å². The summed E-state index contributed by atoms with van der Waals surface area (Å²) in [6, 6.07) is 0.180. The first-order chi connectivity index (χ1) is 9.62. The van der Waals surface area contributed by atoms with Crippen LogP contribution in [0.4, 0.5) is 0 Å². The van der Waals surface area contributed by atoms with Gasteiger partial charge in [0.25, 0.3) is 0 Å². The zero-order valence-corrected chi connectivity index (χ0v) is 14.4. The molecule has 1 aliphatic rings. The highest BCUT2D eigenvalue weighted by atomic mass is 79.9. The number of ether oxygens (including phenoxy) is 1. The van der Waals surface area contributed by atoms with Gasteiger partial charge in [0.2, 0.25) is 0 Å². The van der Waals surface area contributed by atoms with Gasteiger partial charge in [-0.15, -0.1) is 0 Å². The summed E-state index contributed by atoms with van der Waals surface area (Å²) in [5, 5.41) is 8.15. The number of halogens is 1. The average Bonchev–Trinajstić information content (AvgIpc) is 2.81. The number of nitrogens with one attached hydrogen (secondary N) is 1. The monoisotopic (exact) mass is 343 g/mol. The van der Waals surface area contributed by atoms with E-state index in [1.54, 1.807) is 0 Å². The fraction of sp³-hybridized carbons (Fsp3) is 0.800. The Bertz CT molecular complexity index is 427. The van der Waals surface area contributed by atoms with Crippen molar-refractivity contribution in [2.24, 2.45) is 0 Å². The largest absolute Gasteiger partial charge is 0.373 e. The minimum absolute atomic E-state index is 0.150. The summed E-state index contributed by atoms with van der Waals surface area (Å²) in [6.45, 7) is 9.29. The van der Waals surface area contributed by atoms with Crippen LogP contribution in [0.5, 0.6) is 0 Å². The normalized spacial score (nSPS) is 24.8. The molecule has 2 heterocycles. The lowest BCUT2D eigenvalue weighted by atomic mass is 9.86. The van der Waals surface area contributed by atoms with Gasteiger partial charge in [0.15, 0.2) is 0 Å². The molecule has 0 bridgehead atoms. The Morgan fingerprint density at radius 2 is 2.30 bits per heavy atom. The number of hydrogen-bond acceptors (Lipinski definition) is 3. The predicted octanol–water partition coefficient (Wildman–Crippen LogP) is 3.67. The van der Waals surface area contributed by atoms with Crippen LogP contribution in [0.2, 0.25) is 0 Å². The van der Waals surface area contributed by atoms with E-state index < -0.39 is 0 Å². The summed E-state index contributed by atoms with van der Waals surface area (Å²) < 4.78 is 9.32. The molecule has 0 radical (unpaired) electrons. The SMILES string of the molecule is CCCNC(c1c(Br)cnn1CC)C1(C)CCCCO1. The molecule has 1 fully saturated rings. The quantitative estimate of drug-likeness (QED) is 0.856. The van der Waals surface area contributed by atoms with Crippen LogP contribution >= 0.6 is 15.9 Å². The second-order valence-corrected chi connectivity index (χ2v) is 6.55. The number of nitrogens with zero attached hydrogens (tertiary/aromatic N) is 2. The van der Waals surface area contributed by atoms with E-state index in [2.05, 4.69) is 51.8 Å². The van der Waals surface area contributed by atoms with Crippen LogP contribution < -0.4 is 5.32 Å². The third-order valence-corrected chi connectivity index (χ3v) is 4.73. The highest BCUT2D eigenvalue weighted by Gasteiger charge is 2.40. The fourth-order valence-corrected chi connectivity index (χ4v) is 3.51. The Morgan fingerprint density at radius 1 is 1.50 bits per heavy atom. The summed E-state index contributed by atoms with van der Waals surface area (Å²) in [7, 11) is 0. The van der Waals surface area contributed by atoms with Gasteiger partial charge in [0.1, 0.15) is 0 Å². The maximum absolute atomic E-state index is 6.18. The van der Waals surface area contributed by atoms with Crippen molar-refractivity contribution >= 4 is 15.9 Å². The summed E-state index contributed by atoms with van der Waals surface area (Å²) in [4.78, 5) is 0. The van der Waals surface area contributed by atoms with Gasteiger partial charge in [-0.05, 0) is 62.0 Å². The topological polar surface area (TPSA) is 39.1 Å². The molecular formula is C15H26BrN3O. The van der Waals surface area contributed by atoms with Crippen LogP contribution in [0.15, 0.2) is 10.7 Å². The van der Waals surface area contributed by atoms with E-state index >= 15 is 0 Å². The maximum Gasteiger partial charge on any atom is 0.0864 e. The molecule has 1 aliphatic heterocycles. The lowest BCUT2D eigenvalue weighted by Crippen LogP contribution is -2.47. The van der Waals surface area contributed by atoms with E-state index in [-0.39, 0.29) is 11.6 Å². The summed E-state index contributed by atoms with van der Waals surface area (Å²) in [5.74, 6) is 0. The molecule has 5 heteroatoms. The van der Waals surface area contributed by atoms with Crippen LogP contribution in [-0.2, 0) is 11.3 Å². The molecule has 1 saturated heterocycles. The highest BCUT2D eigenvalue weighted by molar-refractivity contribution is 9.10. The van der Waals surface area contributed by atoms with Crippen LogP contribution in [0.3, 0.4) is 0 Å². The van der Waals surface area contributed by atoms with Crippen LogP contribution in [0.25, 0.3) is 0 Å². The summed E-state index contributed by atoms with van der Waals surface area (Å²) in [6.07, 6.45) is 6.51. The molecule has 1 aromatic rings. The van der Waals surface area contributed by atoms with E-state index in [0.29, 0.717) is 0 Å². The van der Waals surface area contributed by atoms with E-state index in [1.807, 2.05) is 6.20 Å². The third-order valence-electron chi connectivity index (χ3n) is 4.11. The average molecular weight is 344 g/mol.